The van der Waals surface area contributed by atoms with Gasteiger partial charge in [0.05, 0.1) is 12.8 Å². The van der Waals surface area contributed by atoms with Crippen molar-refractivity contribution in [3.05, 3.63) is 101 Å². The standard InChI is InChI=1S/C23H18ClFN4O/c24-20-10-6-11-21(25)19(20)15-29-14-16(18-9-4-5-12-22(18)29)13-26-28-23(30)27-17-7-2-1-3-8-17/h1-14H,15H2,(H2,27,28,30)/b26-13-. The summed E-state index contributed by atoms with van der Waals surface area (Å²) < 4.78 is 16.1. The van der Waals surface area contributed by atoms with Crippen molar-refractivity contribution in [3.8, 4) is 0 Å². The summed E-state index contributed by atoms with van der Waals surface area (Å²) in [6, 6.07) is 21.0. The lowest BCUT2D eigenvalue weighted by Crippen LogP contribution is -2.24. The average Bonchev–Trinajstić information content (AvgIpc) is 3.09. The fourth-order valence-corrected chi connectivity index (χ4v) is 3.43. The molecule has 1 heterocycles. The Morgan fingerprint density at radius 1 is 1.03 bits per heavy atom. The molecule has 2 amide bonds. The summed E-state index contributed by atoms with van der Waals surface area (Å²) in [4.78, 5) is 12.0. The molecule has 0 saturated heterocycles. The van der Waals surface area contributed by atoms with Crippen LogP contribution in [-0.4, -0.2) is 16.8 Å². The Morgan fingerprint density at radius 3 is 2.60 bits per heavy atom. The SMILES string of the molecule is O=C(N/N=C\c1cn(Cc2c(F)cccc2Cl)c2ccccc12)Nc1ccccc1. The van der Waals surface area contributed by atoms with E-state index in [0.717, 1.165) is 16.5 Å². The first-order valence-electron chi connectivity index (χ1n) is 9.27. The fraction of sp³-hybridized carbons (Fsp3) is 0.0435. The Hall–Kier alpha value is -3.64. The Kier molecular flexibility index (Phi) is 5.77. The van der Waals surface area contributed by atoms with Gasteiger partial charge in [0.15, 0.2) is 0 Å². The van der Waals surface area contributed by atoms with E-state index in [0.29, 0.717) is 16.3 Å². The van der Waals surface area contributed by atoms with Crippen LogP contribution in [0.5, 0.6) is 0 Å². The van der Waals surface area contributed by atoms with Gasteiger partial charge in [0.2, 0.25) is 0 Å². The van der Waals surface area contributed by atoms with Crippen molar-refractivity contribution in [1.82, 2.24) is 9.99 Å². The lowest BCUT2D eigenvalue weighted by atomic mass is 10.2. The summed E-state index contributed by atoms with van der Waals surface area (Å²) in [5.74, 6) is -0.352. The van der Waals surface area contributed by atoms with Gasteiger partial charge in [0, 0.05) is 38.9 Å². The molecule has 0 atom stereocenters. The molecule has 0 unspecified atom stereocenters. The first-order chi connectivity index (χ1) is 14.6. The predicted molar refractivity (Wildman–Crippen MR) is 119 cm³/mol. The number of carbonyl (C=O) groups excluding carboxylic acids is 1. The third kappa shape index (κ3) is 4.34. The molecule has 2 N–H and O–H groups in total. The van der Waals surface area contributed by atoms with E-state index in [1.165, 1.54) is 6.07 Å². The summed E-state index contributed by atoms with van der Waals surface area (Å²) >= 11 is 6.19. The molecule has 150 valence electrons. The highest BCUT2D eigenvalue weighted by atomic mass is 35.5. The van der Waals surface area contributed by atoms with Crippen LogP contribution in [0.3, 0.4) is 0 Å². The second-order valence-electron chi connectivity index (χ2n) is 6.62. The van der Waals surface area contributed by atoms with Crippen molar-refractivity contribution in [3.63, 3.8) is 0 Å². The Morgan fingerprint density at radius 2 is 1.80 bits per heavy atom. The number of hydrazone groups is 1. The van der Waals surface area contributed by atoms with Crippen molar-refractivity contribution < 1.29 is 9.18 Å². The van der Waals surface area contributed by atoms with Crippen LogP contribution < -0.4 is 10.7 Å². The molecule has 0 aliphatic rings. The summed E-state index contributed by atoms with van der Waals surface area (Å²) in [5.41, 5.74) is 5.24. The van der Waals surface area contributed by atoms with Crippen molar-refractivity contribution >= 4 is 40.4 Å². The molecule has 4 rings (SSSR count). The molecular formula is C23H18ClFN4O. The Labute approximate surface area is 177 Å². The number of anilines is 1. The number of amides is 2. The van der Waals surface area contributed by atoms with Crippen molar-refractivity contribution in [2.45, 2.75) is 6.54 Å². The molecule has 4 aromatic rings. The van der Waals surface area contributed by atoms with E-state index in [1.54, 1.807) is 30.5 Å². The first-order valence-corrected chi connectivity index (χ1v) is 9.65. The molecule has 1 aromatic heterocycles. The van der Waals surface area contributed by atoms with Gasteiger partial charge in [-0.05, 0) is 30.3 Å². The van der Waals surface area contributed by atoms with Crippen molar-refractivity contribution in [2.24, 2.45) is 5.10 Å². The van der Waals surface area contributed by atoms with Gasteiger partial charge >= 0.3 is 6.03 Å². The number of rotatable bonds is 5. The molecule has 0 fully saturated rings. The largest absolute Gasteiger partial charge is 0.342 e. The molecule has 7 heteroatoms. The molecule has 0 saturated carbocycles. The number of benzene rings is 3. The summed E-state index contributed by atoms with van der Waals surface area (Å²) in [6.45, 7) is 0.280. The first kappa shape index (κ1) is 19.7. The third-order valence-corrected chi connectivity index (χ3v) is 4.97. The van der Waals surface area contributed by atoms with Gasteiger partial charge in [0.1, 0.15) is 5.82 Å². The number of aromatic nitrogens is 1. The molecule has 30 heavy (non-hydrogen) atoms. The number of hydrogen-bond acceptors (Lipinski definition) is 2. The minimum atomic E-state index is -0.445. The minimum absolute atomic E-state index is 0.280. The van der Waals surface area contributed by atoms with Gasteiger partial charge < -0.3 is 9.88 Å². The topological polar surface area (TPSA) is 58.4 Å². The van der Waals surface area contributed by atoms with Crippen LogP contribution in [0.1, 0.15) is 11.1 Å². The molecule has 0 radical (unpaired) electrons. The zero-order valence-corrected chi connectivity index (χ0v) is 16.6. The number of para-hydroxylation sites is 2. The van der Waals surface area contributed by atoms with Crippen LogP contribution >= 0.6 is 11.6 Å². The van der Waals surface area contributed by atoms with Gasteiger partial charge in [-0.2, -0.15) is 5.10 Å². The van der Waals surface area contributed by atoms with Crippen LogP contribution in [0.2, 0.25) is 5.02 Å². The Balaban J connectivity index is 1.55. The van der Waals surface area contributed by atoms with E-state index in [9.17, 15) is 9.18 Å². The molecule has 0 aliphatic carbocycles. The number of hydrogen-bond donors (Lipinski definition) is 2. The van der Waals surface area contributed by atoms with E-state index < -0.39 is 6.03 Å². The zero-order chi connectivity index (χ0) is 20.9. The lowest BCUT2D eigenvalue weighted by Gasteiger charge is -2.08. The van der Waals surface area contributed by atoms with Crippen LogP contribution in [0.25, 0.3) is 10.9 Å². The molecule has 3 aromatic carbocycles. The highest BCUT2D eigenvalue weighted by Gasteiger charge is 2.12. The highest BCUT2D eigenvalue weighted by Crippen LogP contribution is 2.25. The monoisotopic (exact) mass is 420 g/mol. The number of halogens is 2. The second-order valence-corrected chi connectivity index (χ2v) is 7.03. The van der Waals surface area contributed by atoms with E-state index >= 15 is 0 Å². The van der Waals surface area contributed by atoms with Crippen molar-refractivity contribution in [2.75, 3.05) is 5.32 Å². The van der Waals surface area contributed by atoms with Crippen molar-refractivity contribution in [1.29, 1.82) is 0 Å². The molecule has 0 bridgehead atoms. The number of carbonyl (C=O) groups is 1. The predicted octanol–water partition coefficient (Wildman–Crippen LogP) is 5.64. The molecular weight excluding hydrogens is 403 g/mol. The van der Waals surface area contributed by atoms with Gasteiger partial charge in [0.25, 0.3) is 0 Å². The number of nitrogens with one attached hydrogen (secondary N) is 2. The summed E-state index contributed by atoms with van der Waals surface area (Å²) in [7, 11) is 0. The quantitative estimate of drug-likeness (QED) is 0.318. The number of urea groups is 1. The second kappa shape index (κ2) is 8.80. The van der Waals surface area contributed by atoms with Crippen LogP contribution in [0, 0.1) is 5.82 Å². The van der Waals surface area contributed by atoms with Crippen LogP contribution in [0.15, 0.2) is 84.1 Å². The van der Waals surface area contributed by atoms with Gasteiger partial charge in [-0.15, -0.1) is 0 Å². The number of nitrogens with zero attached hydrogens (tertiary/aromatic N) is 2. The normalized spacial score (nSPS) is 11.1. The van der Waals surface area contributed by atoms with E-state index in [4.69, 9.17) is 11.6 Å². The molecule has 0 spiro atoms. The maximum absolute atomic E-state index is 14.2. The lowest BCUT2D eigenvalue weighted by molar-refractivity contribution is 0.252. The maximum atomic E-state index is 14.2. The minimum Gasteiger partial charge on any atom is -0.342 e. The van der Waals surface area contributed by atoms with Gasteiger partial charge in [-0.1, -0.05) is 54.1 Å². The van der Waals surface area contributed by atoms with Crippen LogP contribution in [0.4, 0.5) is 14.9 Å². The summed E-state index contributed by atoms with van der Waals surface area (Å²) in [6.07, 6.45) is 3.42. The maximum Gasteiger partial charge on any atom is 0.339 e. The molecule has 0 aliphatic heterocycles. The smallest absolute Gasteiger partial charge is 0.339 e. The fourth-order valence-electron chi connectivity index (χ4n) is 3.20. The highest BCUT2D eigenvalue weighted by molar-refractivity contribution is 6.31. The van der Waals surface area contributed by atoms with E-state index in [-0.39, 0.29) is 12.4 Å². The number of fused-ring (bicyclic) bond motifs is 1. The van der Waals surface area contributed by atoms with Crippen LogP contribution in [-0.2, 0) is 6.54 Å². The molecule has 5 nitrogen and oxygen atoms in total. The Bertz CT molecular complexity index is 1200. The van der Waals surface area contributed by atoms with E-state index in [1.807, 2.05) is 53.2 Å². The van der Waals surface area contributed by atoms with Gasteiger partial charge in [-0.25, -0.2) is 14.6 Å². The van der Waals surface area contributed by atoms with E-state index in [2.05, 4.69) is 15.8 Å². The van der Waals surface area contributed by atoms with Gasteiger partial charge in [-0.3, -0.25) is 0 Å². The third-order valence-electron chi connectivity index (χ3n) is 4.61. The summed E-state index contributed by atoms with van der Waals surface area (Å²) in [5, 5.41) is 8.04. The zero-order valence-electron chi connectivity index (χ0n) is 15.8. The average molecular weight is 421 g/mol.